The highest BCUT2D eigenvalue weighted by Crippen LogP contribution is 2.11. The second kappa shape index (κ2) is 8.10. The van der Waals surface area contributed by atoms with Gasteiger partial charge in [-0.05, 0) is 30.2 Å². The molecule has 1 unspecified atom stereocenters. The molecule has 6 nitrogen and oxygen atoms in total. The smallest absolute Gasteiger partial charge is 0.191 e. The zero-order chi connectivity index (χ0) is 17.5. The Kier molecular flexibility index (Phi) is 5.41. The van der Waals surface area contributed by atoms with Gasteiger partial charge in [-0.2, -0.15) is 0 Å². The minimum absolute atomic E-state index is 0.173. The third-order valence-electron chi connectivity index (χ3n) is 3.92. The number of aliphatic imine (C=N–C) groups is 1. The van der Waals surface area contributed by atoms with Gasteiger partial charge < -0.3 is 10.6 Å². The molecule has 3 aromatic rings. The molecule has 2 heterocycles. The van der Waals surface area contributed by atoms with Gasteiger partial charge in [0.1, 0.15) is 12.1 Å². The second-order valence-electron chi connectivity index (χ2n) is 5.69. The van der Waals surface area contributed by atoms with Crippen molar-refractivity contribution in [3.8, 4) is 5.82 Å². The fraction of sp³-hybridized carbons (Fsp3) is 0.211. The minimum atomic E-state index is 0.173. The summed E-state index contributed by atoms with van der Waals surface area (Å²) in [5, 5.41) is 6.75. The van der Waals surface area contributed by atoms with E-state index in [1.165, 1.54) is 5.56 Å². The Balaban J connectivity index is 1.61. The summed E-state index contributed by atoms with van der Waals surface area (Å²) in [7, 11) is 1.77. The van der Waals surface area contributed by atoms with E-state index >= 15 is 0 Å². The highest BCUT2D eigenvalue weighted by Gasteiger charge is 2.07. The van der Waals surface area contributed by atoms with Crippen molar-refractivity contribution in [3.63, 3.8) is 0 Å². The topological polar surface area (TPSA) is 67.1 Å². The molecule has 6 heteroatoms. The summed E-state index contributed by atoms with van der Waals surface area (Å²) in [6, 6.07) is 14.5. The Morgan fingerprint density at radius 3 is 2.76 bits per heavy atom. The summed E-state index contributed by atoms with van der Waals surface area (Å²) < 4.78 is 1.88. The summed E-state index contributed by atoms with van der Waals surface area (Å²) in [5.74, 6) is 1.61. The fourth-order valence-corrected chi connectivity index (χ4v) is 2.52. The van der Waals surface area contributed by atoms with E-state index in [4.69, 9.17) is 0 Å². The third kappa shape index (κ3) is 4.44. The number of imidazole rings is 1. The number of hydrogen-bond acceptors (Lipinski definition) is 3. The number of hydrogen-bond donors (Lipinski definition) is 2. The van der Waals surface area contributed by atoms with E-state index in [0.717, 1.165) is 17.3 Å². The highest BCUT2D eigenvalue weighted by atomic mass is 15.2. The molecule has 1 aromatic carbocycles. The van der Waals surface area contributed by atoms with Crippen LogP contribution in [0.2, 0.25) is 0 Å². The van der Waals surface area contributed by atoms with E-state index < -0.39 is 0 Å². The van der Waals surface area contributed by atoms with Crippen molar-refractivity contribution in [1.29, 1.82) is 0 Å². The lowest BCUT2D eigenvalue weighted by atomic mass is 10.1. The predicted molar refractivity (Wildman–Crippen MR) is 99.6 cm³/mol. The van der Waals surface area contributed by atoms with Gasteiger partial charge in [0.2, 0.25) is 0 Å². The highest BCUT2D eigenvalue weighted by molar-refractivity contribution is 5.80. The van der Waals surface area contributed by atoms with Crippen molar-refractivity contribution >= 4 is 5.96 Å². The predicted octanol–water partition coefficient (Wildman–Crippen LogP) is 2.69. The Morgan fingerprint density at radius 2 is 2.04 bits per heavy atom. The average molecular weight is 334 g/mol. The number of pyridine rings is 1. The largest absolute Gasteiger partial charge is 0.352 e. The first kappa shape index (κ1) is 16.7. The van der Waals surface area contributed by atoms with E-state index in [-0.39, 0.29) is 6.04 Å². The lowest BCUT2D eigenvalue weighted by Crippen LogP contribution is -2.38. The molecule has 0 fully saturated rings. The first-order chi connectivity index (χ1) is 12.3. The van der Waals surface area contributed by atoms with Crippen molar-refractivity contribution in [2.24, 2.45) is 4.99 Å². The zero-order valence-corrected chi connectivity index (χ0v) is 14.4. The van der Waals surface area contributed by atoms with Crippen molar-refractivity contribution in [3.05, 3.63) is 78.5 Å². The van der Waals surface area contributed by atoms with Gasteiger partial charge in [0.25, 0.3) is 0 Å². The van der Waals surface area contributed by atoms with Crippen LogP contribution >= 0.6 is 0 Å². The molecule has 0 amide bonds. The summed E-state index contributed by atoms with van der Waals surface area (Å²) in [5.41, 5.74) is 2.34. The number of nitrogens with zero attached hydrogens (tertiary/aromatic N) is 4. The molecule has 3 rings (SSSR count). The first-order valence-corrected chi connectivity index (χ1v) is 8.21. The van der Waals surface area contributed by atoms with Gasteiger partial charge in [-0.3, -0.25) is 9.56 Å². The molecule has 0 saturated carbocycles. The average Bonchev–Trinajstić information content (AvgIpc) is 3.21. The lowest BCUT2D eigenvalue weighted by Gasteiger charge is -2.18. The SMILES string of the molecule is CN=C(NCc1ccnc(-n2ccnc2)c1)NC(C)c1ccccc1. The van der Waals surface area contributed by atoms with E-state index in [9.17, 15) is 0 Å². The normalized spacial score (nSPS) is 12.6. The van der Waals surface area contributed by atoms with E-state index in [1.807, 2.05) is 41.1 Å². The Labute approximate surface area is 147 Å². The summed E-state index contributed by atoms with van der Waals surface area (Å²) in [6.45, 7) is 2.77. The van der Waals surface area contributed by atoms with Crippen molar-refractivity contribution < 1.29 is 0 Å². The Hall–Kier alpha value is -3.15. The molecule has 128 valence electrons. The van der Waals surface area contributed by atoms with Crippen LogP contribution in [0.25, 0.3) is 5.82 Å². The number of benzene rings is 1. The van der Waals surface area contributed by atoms with Crippen molar-refractivity contribution in [2.75, 3.05) is 7.05 Å². The molecule has 2 aromatic heterocycles. The van der Waals surface area contributed by atoms with Crippen LogP contribution in [0.1, 0.15) is 24.1 Å². The molecule has 0 aliphatic heterocycles. The molecule has 0 spiro atoms. The van der Waals surface area contributed by atoms with Gasteiger partial charge in [0.15, 0.2) is 5.96 Å². The maximum atomic E-state index is 4.37. The van der Waals surface area contributed by atoms with E-state index in [0.29, 0.717) is 6.54 Å². The minimum Gasteiger partial charge on any atom is -0.352 e. The number of aromatic nitrogens is 3. The quantitative estimate of drug-likeness (QED) is 0.556. The van der Waals surface area contributed by atoms with Crippen LogP contribution in [0.5, 0.6) is 0 Å². The number of guanidine groups is 1. The summed E-state index contributed by atoms with van der Waals surface area (Å²) >= 11 is 0. The maximum Gasteiger partial charge on any atom is 0.191 e. The number of nitrogens with one attached hydrogen (secondary N) is 2. The summed E-state index contributed by atoms with van der Waals surface area (Å²) in [6.07, 6.45) is 7.15. The third-order valence-corrected chi connectivity index (χ3v) is 3.92. The van der Waals surface area contributed by atoms with Gasteiger partial charge in [0.05, 0.1) is 6.04 Å². The maximum absolute atomic E-state index is 4.37. The Morgan fingerprint density at radius 1 is 1.20 bits per heavy atom. The molecule has 0 bridgehead atoms. The zero-order valence-electron chi connectivity index (χ0n) is 14.4. The van der Waals surface area contributed by atoms with E-state index in [2.05, 4.69) is 44.7 Å². The first-order valence-electron chi connectivity index (χ1n) is 8.21. The van der Waals surface area contributed by atoms with Gasteiger partial charge in [-0.25, -0.2) is 9.97 Å². The van der Waals surface area contributed by atoms with Crippen molar-refractivity contribution in [1.82, 2.24) is 25.2 Å². The van der Waals surface area contributed by atoms with E-state index in [1.54, 1.807) is 25.8 Å². The van der Waals surface area contributed by atoms with Crippen LogP contribution < -0.4 is 10.6 Å². The standard InChI is InChI=1S/C19H22N6/c1-15(17-6-4-3-5-7-17)24-19(20-2)23-13-16-8-9-22-18(12-16)25-11-10-21-14-25/h3-12,14-15H,13H2,1-2H3,(H2,20,23,24). The Bertz CT molecular complexity index is 811. The van der Waals surface area contributed by atoms with Crippen LogP contribution in [0, 0.1) is 0 Å². The molecular formula is C19H22N6. The molecule has 25 heavy (non-hydrogen) atoms. The van der Waals surface area contributed by atoms with Gasteiger partial charge in [-0.15, -0.1) is 0 Å². The molecule has 0 saturated heterocycles. The van der Waals surface area contributed by atoms with Gasteiger partial charge in [-0.1, -0.05) is 30.3 Å². The van der Waals surface area contributed by atoms with Crippen LogP contribution in [0.4, 0.5) is 0 Å². The molecule has 0 aliphatic carbocycles. The fourth-order valence-electron chi connectivity index (χ4n) is 2.52. The van der Waals surface area contributed by atoms with Gasteiger partial charge in [0, 0.05) is 32.2 Å². The molecule has 0 aliphatic rings. The van der Waals surface area contributed by atoms with Crippen LogP contribution in [-0.4, -0.2) is 27.5 Å². The summed E-state index contributed by atoms with van der Waals surface area (Å²) in [4.78, 5) is 12.7. The second-order valence-corrected chi connectivity index (χ2v) is 5.69. The van der Waals surface area contributed by atoms with Crippen LogP contribution in [0.15, 0.2) is 72.4 Å². The number of rotatable bonds is 5. The molecule has 2 N–H and O–H groups in total. The molecule has 0 radical (unpaired) electrons. The monoisotopic (exact) mass is 334 g/mol. The lowest BCUT2D eigenvalue weighted by molar-refractivity contribution is 0.685. The molecule has 1 atom stereocenters. The molecular weight excluding hydrogens is 312 g/mol. The van der Waals surface area contributed by atoms with Gasteiger partial charge >= 0.3 is 0 Å². The van der Waals surface area contributed by atoms with Crippen LogP contribution in [0.3, 0.4) is 0 Å². The van der Waals surface area contributed by atoms with Crippen molar-refractivity contribution in [2.45, 2.75) is 19.5 Å². The van der Waals surface area contributed by atoms with Crippen LogP contribution in [-0.2, 0) is 6.54 Å².